The Balaban J connectivity index is 1.42. The molecule has 1 aliphatic rings. The fourth-order valence-corrected chi connectivity index (χ4v) is 2.37. The maximum Gasteiger partial charge on any atom is 0.221 e. The van der Waals surface area contributed by atoms with E-state index in [-0.39, 0.29) is 5.91 Å². The molecule has 0 fully saturated rings. The summed E-state index contributed by atoms with van der Waals surface area (Å²) in [4.78, 5) is 11.8. The van der Waals surface area contributed by atoms with Crippen LogP contribution in [0.15, 0.2) is 30.6 Å². The number of aryl methyl sites for hydroxylation is 1. The van der Waals surface area contributed by atoms with Gasteiger partial charge in [-0.2, -0.15) is 0 Å². The average Bonchev–Trinajstić information content (AvgIpc) is 3.04. The molecule has 3 rings (SSSR count). The van der Waals surface area contributed by atoms with Crippen LogP contribution in [-0.4, -0.2) is 39.3 Å². The Morgan fingerprint density at radius 2 is 2.33 bits per heavy atom. The second kappa shape index (κ2) is 6.34. The molecule has 0 aliphatic carbocycles. The van der Waals surface area contributed by atoms with Gasteiger partial charge in [0.2, 0.25) is 5.91 Å². The number of hydrogen-bond donors (Lipinski definition) is 1. The number of amides is 1. The Kier molecular flexibility index (Phi) is 4.09. The lowest BCUT2D eigenvalue weighted by Crippen LogP contribution is -2.35. The van der Waals surface area contributed by atoms with E-state index in [2.05, 4.69) is 26.9 Å². The topological polar surface area (TPSA) is 81.9 Å². The van der Waals surface area contributed by atoms with Crippen molar-refractivity contribution in [2.24, 2.45) is 5.92 Å². The second-order valence-corrected chi connectivity index (χ2v) is 5.12. The number of para-hydroxylation sites is 1. The van der Waals surface area contributed by atoms with Crippen LogP contribution in [0.5, 0.6) is 5.75 Å². The van der Waals surface area contributed by atoms with Crippen LogP contribution in [-0.2, 0) is 17.8 Å². The van der Waals surface area contributed by atoms with Crippen molar-refractivity contribution in [3.05, 3.63) is 36.2 Å². The summed E-state index contributed by atoms with van der Waals surface area (Å²) < 4.78 is 7.25. The first-order valence-corrected chi connectivity index (χ1v) is 6.99. The molecule has 1 amide bonds. The van der Waals surface area contributed by atoms with Crippen LogP contribution in [0.25, 0.3) is 0 Å². The molecule has 0 spiro atoms. The number of carbonyl (C=O) groups is 1. The highest BCUT2D eigenvalue weighted by atomic mass is 16.5. The molecule has 21 heavy (non-hydrogen) atoms. The standard InChI is InChI=1S/C14H17N5O2/c20-14(5-6-19-10-16-17-18-19)15-8-11-7-12-3-1-2-4-13(12)21-9-11/h1-4,10-11H,5-9H2,(H,15,20)/t11-/m0/s1. The van der Waals surface area contributed by atoms with E-state index in [1.807, 2.05) is 18.2 Å². The number of tetrazole rings is 1. The van der Waals surface area contributed by atoms with Crippen LogP contribution < -0.4 is 10.1 Å². The molecule has 2 heterocycles. The summed E-state index contributed by atoms with van der Waals surface area (Å²) in [6, 6.07) is 8.03. The molecular formula is C14H17N5O2. The summed E-state index contributed by atoms with van der Waals surface area (Å²) in [6.07, 6.45) is 2.80. The van der Waals surface area contributed by atoms with E-state index >= 15 is 0 Å². The van der Waals surface area contributed by atoms with Crippen molar-refractivity contribution in [1.82, 2.24) is 25.5 Å². The summed E-state index contributed by atoms with van der Waals surface area (Å²) in [7, 11) is 0. The zero-order chi connectivity index (χ0) is 14.5. The molecule has 2 aromatic rings. The number of aromatic nitrogens is 4. The maximum absolute atomic E-state index is 11.8. The van der Waals surface area contributed by atoms with Crippen molar-refractivity contribution in [3.8, 4) is 5.75 Å². The molecule has 1 aromatic heterocycles. The second-order valence-electron chi connectivity index (χ2n) is 5.12. The highest BCUT2D eigenvalue weighted by molar-refractivity contribution is 5.75. The largest absolute Gasteiger partial charge is 0.493 e. The summed E-state index contributed by atoms with van der Waals surface area (Å²) in [5.74, 6) is 1.28. The first kappa shape index (κ1) is 13.5. The number of hydrogen-bond acceptors (Lipinski definition) is 5. The Morgan fingerprint density at radius 1 is 1.43 bits per heavy atom. The molecule has 0 saturated carbocycles. The van der Waals surface area contributed by atoms with Gasteiger partial charge >= 0.3 is 0 Å². The van der Waals surface area contributed by atoms with Gasteiger partial charge < -0.3 is 10.1 Å². The lowest BCUT2D eigenvalue weighted by molar-refractivity contribution is -0.121. The number of nitrogens with one attached hydrogen (secondary N) is 1. The third-order valence-electron chi connectivity index (χ3n) is 3.50. The van der Waals surface area contributed by atoms with Gasteiger partial charge in [-0.1, -0.05) is 18.2 Å². The molecule has 0 bridgehead atoms. The van der Waals surface area contributed by atoms with Crippen molar-refractivity contribution < 1.29 is 9.53 Å². The molecule has 1 atom stereocenters. The quantitative estimate of drug-likeness (QED) is 0.862. The van der Waals surface area contributed by atoms with E-state index in [0.29, 0.717) is 32.0 Å². The Morgan fingerprint density at radius 3 is 3.19 bits per heavy atom. The molecule has 0 radical (unpaired) electrons. The number of benzene rings is 1. The van der Waals surface area contributed by atoms with Gasteiger partial charge in [0.25, 0.3) is 0 Å². The van der Waals surface area contributed by atoms with Gasteiger partial charge in [0, 0.05) is 18.9 Å². The molecule has 1 N–H and O–H groups in total. The van der Waals surface area contributed by atoms with Crippen LogP contribution in [0.2, 0.25) is 0 Å². The third-order valence-corrected chi connectivity index (χ3v) is 3.50. The average molecular weight is 287 g/mol. The number of fused-ring (bicyclic) bond motifs is 1. The molecule has 0 saturated heterocycles. The minimum absolute atomic E-state index is 0.00404. The van der Waals surface area contributed by atoms with Crippen molar-refractivity contribution in [3.63, 3.8) is 0 Å². The number of rotatable bonds is 5. The molecule has 110 valence electrons. The molecule has 1 aromatic carbocycles. The van der Waals surface area contributed by atoms with Gasteiger partial charge in [0.05, 0.1) is 13.2 Å². The lowest BCUT2D eigenvalue weighted by Gasteiger charge is -2.25. The molecule has 1 aliphatic heterocycles. The van der Waals surface area contributed by atoms with E-state index < -0.39 is 0 Å². The highest BCUT2D eigenvalue weighted by Crippen LogP contribution is 2.26. The van der Waals surface area contributed by atoms with Gasteiger partial charge in [0.15, 0.2) is 0 Å². The van der Waals surface area contributed by atoms with Gasteiger partial charge in [-0.25, -0.2) is 4.68 Å². The molecular weight excluding hydrogens is 270 g/mol. The highest BCUT2D eigenvalue weighted by Gasteiger charge is 2.19. The van der Waals surface area contributed by atoms with Gasteiger partial charge in [-0.3, -0.25) is 4.79 Å². The Hall–Kier alpha value is -2.44. The zero-order valence-electron chi connectivity index (χ0n) is 11.6. The predicted octanol–water partition coefficient (Wildman–Crippen LogP) is 0.431. The maximum atomic E-state index is 11.8. The van der Waals surface area contributed by atoms with Crippen LogP contribution in [0, 0.1) is 5.92 Å². The SMILES string of the molecule is O=C(CCn1cnnn1)NC[C@H]1COc2ccccc2C1. The normalized spacial score (nSPS) is 16.9. The number of ether oxygens (including phenoxy) is 1. The summed E-state index contributed by atoms with van der Waals surface area (Å²) in [5.41, 5.74) is 1.21. The van der Waals surface area contributed by atoms with Crippen LogP contribution in [0.3, 0.4) is 0 Å². The van der Waals surface area contributed by atoms with E-state index in [4.69, 9.17) is 4.74 Å². The monoisotopic (exact) mass is 287 g/mol. The first-order chi connectivity index (χ1) is 10.3. The number of carbonyl (C=O) groups excluding carboxylic acids is 1. The minimum atomic E-state index is 0.00404. The molecule has 7 heteroatoms. The van der Waals surface area contributed by atoms with Crippen LogP contribution in [0.1, 0.15) is 12.0 Å². The number of nitrogens with zero attached hydrogens (tertiary/aromatic N) is 4. The van der Waals surface area contributed by atoms with Crippen molar-refractivity contribution in [2.45, 2.75) is 19.4 Å². The van der Waals surface area contributed by atoms with Gasteiger partial charge in [0.1, 0.15) is 12.1 Å². The van der Waals surface area contributed by atoms with Gasteiger partial charge in [-0.05, 0) is 28.5 Å². The van der Waals surface area contributed by atoms with Crippen molar-refractivity contribution in [1.29, 1.82) is 0 Å². The van der Waals surface area contributed by atoms with Crippen LogP contribution in [0.4, 0.5) is 0 Å². The van der Waals surface area contributed by atoms with E-state index in [1.54, 1.807) is 4.68 Å². The summed E-state index contributed by atoms with van der Waals surface area (Å²) in [6.45, 7) is 1.76. The summed E-state index contributed by atoms with van der Waals surface area (Å²) in [5, 5.41) is 13.7. The zero-order valence-corrected chi connectivity index (χ0v) is 11.6. The summed E-state index contributed by atoms with van der Waals surface area (Å²) >= 11 is 0. The fraction of sp³-hybridized carbons (Fsp3) is 0.429. The van der Waals surface area contributed by atoms with Crippen molar-refractivity contribution >= 4 is 5.91 Å². The van der Waals surface area contributed by atoms with E-state index in [1.165, 1.54) is 11.9 Å². The van der Waals surface area contributed by atoms with Gasteiger partial charge in [-0.15, -0.1) is 5.10 Å². The van der Waals surface area contributed by atoms with Crippen molar-refractivity contribution in [2.75, 3.05) is 13.2 Å². The third kappa shape index (κ3) is 3.56. The smallest absolute Gasteiger partial charge is 0.221 e. The molecule has 0 unspecified atom stereocenters. The fourth-order valence-electron chi connectivity index (χ4n) is 2.37. The Bertz CT molecular complexity index is 599. The minimum Gasteiger partial charge on any atom is -0.493 e. The van der Waals surface area contributed by atoms with E-state index in [9.17, 15) is 4.79 Å². The first-order valence-electron chi connectivity index (χ1n) is 6.99. The molecule has 7 nitrogen and oxygen atoms in total. The van der Waals surface area contributed by atoms with Crippen LogP contribution >= 0.6 is 0 Å². The lowest BCUT2D eigenvalue weighted by atomic mass is 9.97. The van der Waals surface area contributed by atoms with E-state index in [0.717, 1.165) is 12.2 Å². The Labute approximate surface area is 122 Å². The predicted molar refractivity (Wildman–Crippen MR) is 74.6 cm³/mol.